The minimum Gasteiger partial charge on any atom is -0.495 e. The van der Waals surface area contributed by atoms with Crippen molar-refractivity contribution in [3.05, 3.63) is 78.4 Å². The number of nitrogens with zero attached hydrogens (tertiary/aromatic N) is 2. The average Bonchev–Trinajstić information content (AvgIpc) is 3.34. The fraction of sp³-hybridized carbons (Fsp3) is 0.222. The number of amides is 2. The number of hydrogen-bond donors (Lipinski definition) is 2. The number of methoxy groups -OCH3 is 1. The molecule has 178 valence electrons. The number of carbonyl (C=O) groups is 2. The predicted molar refractivity (Wildman–Crippen MR) is 135 cm³/mol. The van der Waals surface area contributed by atoms with Gasteiger partial charge in [-0.3, -0.25) is 9.59 Å². The van der Waals surface area contributed by atoms with Gasteiger partial charge in [-0.25, -0.2) is 0 Å². The molecule has 4 aromatic rings. The Bertz CT molecular complexity index is 1310. The van der Waals surface area contributed by atoms with Crippen molar-refractivity contribution in [3.8, 4) is 5.75 Å². The summed E-state index contributed by atoms with van der Waals surface area (Å²) in [7, 11) is 1.56. The molecule has 0 aliphatic carbocycles. The molecule has 2 amide bonds. The molecule has 0 atom stereocenters. The van der Waals surface area contributed by atoms with Crippen molar-refractivity contribution in [1.82, 2.24) is 4.98 Å². The van der Waals surface area contributed by atoms with E-state index in [1.165, 1.54) is 0 Å². The first kappa shape index (κ1) is 22.5. The fourth-order valence-corrected chi connectivity index (χ4v) is 4.22. The topological polar surface area (TPSA) is 96.7 Å². The lowest BCUT2D eigenvalue weighted by Gasteiger charge is -2.30. The summed E-state index contributed by atoms with van der Waals surface area (Å²) in [6.45, 7) is 1.40. The second-order valence-electron chi connectivity index (χ2n) is 8.45. The number of anilines is 3. The maximum Gasteiger partial charge on any atom is 0.298 e. The summed E-state index contributed by atoms with van der Waals surface area (Å²) in [5, 5.41) is 5.82. The van der Waals surface area contributed by atoms with E-state index in [-0.39, 0.29) is 17.7 Å². The van der Waals surface area contributed by atoms with Gasteiger partial charge in [0.1, 0.15) is 11.3 Å². The number of aromatic nitrogens is 1. The maximum atomic E-state index is 12.8. The second kappa shape index (κ2) is 9.89. The van der Waals surface area contributed by atoms with Crippen LogP contribution in [0.3, 0.4) is 0 Å². The van der Waals surface area contributed by atoms with E-state index in [0.717, 1.165) is 11.1 Å². The van der Waals surface area contributed by atoms with Gasteiger partial charge in [-0.2, -0.15) is 4.98 Å². The molecule has 8 nitrogen and oxygen atoms in total. The number of oxazole rings is 1. The molecular weight excluding hydrogens is 444 g/mol. The molecule has 1 fully saturated rings. The molecule has 1 aliphatic heterocycles. The Hall–Kier alpha value is -4.33. The van der Waals surface area contributed by atoms with Crippen LogP contribution in [0.25, 0.3) is 11.1 Å². The zero-order valence-electron chi connectivity index (χ0n) is 19.4. The van der Waals surface area contributed by atoms with E-state index >= 15 is 0 Å². The third-order valence-electron chi connectivity index (χ3n) is 6.19. The first-order valence-electron chi connectivity index (χ1n) is 11.6. The van der Waals surface area contributed by atoms with Gasteiger partial charge in [-0.15, -0.1) is 0 Å². The van der Waals surface area contributed by atoms with Gasteiger partial charge in [0.05, 0.1) is 12.8 Å². The maximum absolute atomic E-state index is 12.8. The molecule has 2 heterocycles. The van der Waals surface area contributed by atoms with E-state index in [1.54, 1.807) is 43.5 Å². The first-order chi connectivity index (χ1) is 17.1. The lowest BCUT2D eigenvalue weighted by Crippen LogP contribution is -2.38. The molecule has 0 spiro atoms. The number of piperidine rings is 1. The van der Waals surface area contributed by atoms with Crippen LogP contribution in [-0.2, 0) is 4.79 Å². The van der Waals surface area contributed by atoms with Gasteiger partial charge < -0.3 is 24.7 Å². The van der Waals surface area contributed by atoms with E-state index in [9.17, 15) is 9.59 Å². The van der Waals surface area contributed by atoms with E-state index in [1.807, 2.05) is 36.4 Å². The van der Waals surface area contributed by atoms with Gasteiger partial charge in [0.25, 0.3) is 11.9 Å². The van der Waals surface area contributed by atoms with Crippen molar-refractivity contribution in [2.24, 2.45) is 5.92 Å². The summed E-state index contributed by atoms with van der Waals surface area (Å²) in [6, 6.07) is 22.4. The minimum absolute atomic E-state index is 0.0200. The van der Waals surface area contributed by atoms with Gasteiger partial charge in [0, 0.05) is 30.3 Å². The molecule has 1 aliphatic rings. The summed E-state index contributed by atoms with van der Waals surface area (Å²) >= 11 is 0. The average molecular weight is 471 g/mol. The van der Waals surface area contributed by atoms with Crippen molar-refractivity contribution in [1.29, 1.82) is 0 Å². The van der Waals surface area contributed by atoms with Crippen molar-refractivity contribution in [3.63, 3.8) is 0 Å². The highest BCUT2D eigenvalue weighted by molar-refractivity contribution is 6.05. The Labute approximate surface area is 202 Å². The number of carbonyl (C=O) groups excluding carboxylic acids is 2. The molecule has 8 heteroatoms. The first-order valence-corrected chi connectivity index (χ1v) is 11.6. The number of ether oxygens (including phenoxy) is 1. The molecule has 0 radical (unpaired) electrons. The zero-order valence-corrected chi connectivity index (χ0v) is 19.4. The summed E-state index contributed by atoms with van der Waals surface area (Å²) in [6.07, 6.45) is 1.42. The van der Waals surface area contributed by atoms with Crippen molar-refractivity contribution in [2.75, 3.05) is 35.7 Å². The Balaban J connectivity index is 1.15. The smallest absolute Gasteiger partial charge is 0.298 e. The fourth-order valence-electron chi connectivity index (χ4n) is 4.22. The Kier molecular flexibility index (Phi) is 6.34. The highest BCUT2D eigenvalue weighted by Gasteiger charge is 2.27. The van der Waals surface area contributed by atoms with Crippen LogP contribution in [0.1, 0.15) is 23.2 Å². The lowest BCUT2D eigenvalue weighted by atomic mass is 9.96. The summed E-state index contributed by atoms with van der Waals surface area (Å²) < 4.78 is 11.1. The molecule has 3 aromatic carbocycles. The molecule has 2 N–H and O–H groups in total. The van der Waals surface area contributed by atoms with Crippen molar-refractivity contribution in [2.45, 2.75) is 12.8 Å². The largest absolute Gasteiger partial charge is 0.495 e. The van der Waals surface area contributed by atoms with Gasteiger partial charge in [-0.1, -0.05) is 24.3 Å². The Morgan fingerprint density at radius 1 is 0.943 bits per heavy atom. The standard InChI is InChI=1S/C27H26N4O4/c1-34-23-8-4-2-6-21(23)29-26(33)18-10-12-20(13-11-18)28-25(32)19-14-16-31(17-15-19)27-30-22-7-3-5-9-24(22)35-27/h2-13,19H,14-17H2,1H3,(H,28,32)(H,29,33). The summed E-state index contributed by atoms with van der Waals surface area (Å²) in [4.78, 5) is 32.1. The minimum atomic E-state index is -0.251. The molecule has 0 saturated carbocycles. The number of hydrogen-bond acceptors (Lipinski definition) is 6. The second-order valence-corrected chi connectivity index (χ2v) is 8.45. The van der Waals surface area contributed by atoms with Gasteiger partial charge >= 0.3 is 0 Å². The number of rotatable bonds is 6. The number of nitrogens with one attached hydrogen (secondary N) is 2. The number of fused-ring (bicyclic) bond motifs is 1. The molecule has 0 bridgehead atoms. The molecule has 35 heavy (non-hydrogen) atoms. The van der Waals surface area contributed by atoms with Crippen LogP contribution in [0.4, 0.5) is 17.4 Å². The van der Waals surface area contributed by atoms with E-state index in [2.05, 4.69) is 20.5 Å². The van der Waals surface area contributed by atoms with Crippen LogP contribution in [0.2, 0.25) is 0 Å². The number of para-hydroxylation sites is 4. The third kappa shape index (κ3) is 4.96. The Morgan fingerprint density at radius 3 is 2.40 bits per heavy atom. The SMILES string of the molecule is COc1ccccc1NC(=O)c1ccc(NC(=O)C2CCN(c3nc4ccccc4o3)CC2)cc1. The normalized spacial score (nSPS) is 14.0. The van der Waals surface area contributed by atoms with Crippen molar-refractivity contribution < 1.29 is 18.7 Å². The summed E-state index contributed by atoms with van der Waals surface area (Å²) in [5.41, 5.74) is 3.34. The van der Waals surface area contributed by atoms with Crippen LogP contribution < -0.4 is 20.3 Å². The quantitative estimate of drug-likeness (QED) is 0.414. The zero-order chi connectivity index (χ0) is 24.2. The highest BCUT2D eigenvalue weighted by Crippen LogP contribution is 2.27. The van der Waals surface area contributed by atoms with E-state index in [4.69, 9.17) is 9.15 Å². The molecule has 0 unspecified atom stereocenters. The van der Waals surface area contributed by atoms with E-state index < -0.39 is 0 Å². The van der Waals surface area contributed by atoms with Gasteiger partial charge in [0.15, 0.2) is 5.58 Å². The van der Waals surface area contributed by atoms with Crippen LogP contribution in [0.5, 0.6) is 5.75 Å². The Morgan fingerprint density at radius 2 is 1.66 bits per heavy atom. The molecular formula is C27H26N4O4. The van der Waals surface area contributed by atoms with Crippen LogP contribution >= 0.6 is 0 Å². The summed E-state index contributed by atoms with van der Waals surface area (Å²) in [5.74, 6) is 0.225. The molecule has 5 rings (SSSR count). The van der Waals surface area contributed by atoms with Crippen LogP contribution in [0, 0.1) is 5.92 Å². The van der Waals surface area contributed by atoms with Gasteiger partial charge in [0.2, 0.25) is 5.91 Å². The van der Waals surface area contributed by atoms with Crippen molar-refractivity contribution >= 4 is 40.3 Å². The molecule has 1 saturated heterocycles. The lowest BCUT2D eigenvalue weighted by molar-refractivity contribution is -0.120. The monoisotopic (exact) mass is 470 g/mol. The predicted octanol–water partition coefficient (Wildman–Crippen LogP) is 4.94. The van der Waals surface area contributed by atoms with E-state index in [0.29, 0.717) is 54.6 Å². The third-order valence-corrected chi connectivity index (χ3v) is 6.19. The number of benzene rings is 3. The van der Waals surface area contributed by atoms with Gasteiger partial charge in [-0.05, 0) is 61.4 Å². The van der Waals surface area contributed by atoms with Crippen LogP contribution in [-0.4, -0.2) is 37.0 Å². The highest BCUT2D eigenvalue weighted by atomic mass is 16.5. The van der Waals surface area contributed by atoms with Crippen LogP contribution in [0.15, 0.2) is 77.2 Å². The molecule has 1 aromatic heterocycles.